The van der Waals surface area contributed by atoms with Gasteiger partial charge in [0.25, 0.3) is 5.91 Å². The number of nitrogens with one attached hydrogen (secondary N) is 1. The fraction of sp³-hybridized carbons (Fsp3) is 0.486. The third-order valence-corrected chi connectivity index (χ3v) is 8.62. The molecule has 1 aromatic heterocycles. The van der Waals surface area contributed by atoms with Crippen molar-refractivity contribution in [1.29, 1.82) is 0 Å². The summed E-state index contributed by atoms with van der Waals surface area (Å²) in [5.41, 5.74) is 2.74. The number of likely N-dealkylation sites (tertiary alicyclic amines) is 1. The Balaban J connectivity index is 1.07. The normalized spacial score (nSPS) is 16.7. The zero-order valence-electron chi connectivity index (χ0n) is 27.5. The predicted octanol–water partition coefficient (Wildman–Crippen LogP) is 4.40. The molecule has 2 aliphatic heterocycles. The maximum absolute atomic E-state index is 13.3. The van der Waals surface area contributed by atoms with Crippen LogP contribution in [0.25, 0.3) is 11.3 Å². The SMILES string of the molecule is CN(C(=O)n1cnc(-c2cccc(C(=O)NCCN3CCN(C(=O)OC(C)(C)C)CC3)c2)c1)C1CCN(Cc2ccccc2)CC1. The summed E-state index contributed by atoms with van der Waals surface area (Å²) >= 11 is 0. The average Bonchev–Trinajstić information content (AvgIpc) is 3.55. The van der Waals surface area contributed by atoms with E-state index in [1.807, 2.05) is 50.9 Å². The number of aromatic nitrogens is 2. The smallest absolute Gasteiger partial charge is 0.410 e. The van der Waals surface area contributed by atoms with Gasteiger partial charge in [-0.3, -0.25) is 19.2 Å². The van der Waals surface area contributed by atoms with Gasteiger partial charge in [-0.25, -0.2) is 14.6 Å². The molecule has 0 bridgehead atoms. The number of piperazine rings is 1. The van der Waals surface area contributed by atoms with Crippen molar-refractivity contribution in [1.82, 2.24) is 34.5 Å². The quantitative estimate of drug-likeness (QED) is 0.394. The highest BCUT2D eigenvalue weighted by atomic mass is 16.6. The predicted molar refractivity (Wildman–Crippen MR) is 178 cm³/mol. The van der Waals surface area contributed by atoms with Crippen molar-refractivity contribution in [3.8, 4) is 11.3 Å². The molecule has 2 aliphatic rings. The van der Waals surface area contributed by atoms with Crippen LogP contribution in [-0.4, -0.2) is 118 Å². The number of amides is 3. The zero-order valence-corrected chi connectivity index (χ0v) is 27.5. The summed E-state index contributed by atoms with van der Waals surface area (Å²) in [6.45, 7) is 12.3. The van der Waals surface area contributed by atoms with E-state index >= 15 is 0 Å². The molecule has 3 heterocycles. The van der Waals surface area contributed by atoms with Crippen LogP contribution in [0.5, 0.6) is 0 Å². The van der Waals surface area contributed by atoms with E-state index in [9.17, 15) is 14.4 Å². The van der Waals surface area contributed by atoms with E-state index in [0.29, 0.717) is 37.4 Å². The summed E-state index contributed by atoms with van der Waals surface area (Å²) in [7, 11) is 1.87. The molecule has 2 saturated heterocycles. The second-order valence-corrected chi connectivity index (χ2v) is 13.2. The second kappa shape index (κ2) is 14.9. The largest absolute Gasteiger partial charge is 0.444 e. The third kappa shape index (κ3) is 8.95. The van der Waals surface area contributed by atoms with Crippen molar-refractivity contribution in [2.75, 3.05) is 59.4 Å². The number of imidazole rings is 1. The Hall–Kier alpha value is -4.22. The number of hydrogen-bond donors (Lipinski definition) is 1. The van der Waals surface area contributed by atoms with Crippen molar-refractivity contribution in [3.63, 3.8) is 0 Å². The molecule has 246 valence electrons. The summed E-state index contributed by atoms with van der Waals surface area (Å²) in [6.07, 6.45) is 4.86. The highest BCUT2D eigenvalue weighted by molar-refractivity contribution is 5.95. The lowest BCUT2D eigenvalue weighted by Crippen LogP contribution is -2.51. The molecule has 5 rings (SSSR count). The molecule has 0 spiro atoms. The number of carbonyl (C=O) groups is 3. The molecule has 3 aromatic rings. The number of nitrogens with zero attached hydrogens (tertiary/aromatic N) is 6. The van der Waals surface area contributed by atoms with Crippen LogP contribution in [0.4, 0.5) is 9.59 Å². The zero-order chi connectivity index (χ0) is 32.7. The molecule has 2 aromatic carbocycles. The van der Waals surface area contributed by atoms with Crippen molar-refractivity contribution in [3.05, 3.63) is 78.2 Å². The van der Waals surface area contributed by atoms with Gasteiger partial charge in [0, 0.05) is 89.3 Å². The maximum atomic E-state index is 13.3. The first-order valence-corrected chi connectivity index (χ1v) is 16.2. The van der Waals surface area contributed by atoms with Crippen molar-refractivity contribution in [2.45, 2.75) is 51.8 Å². The van der Waals surface area contributed by atoms with Crippen LogP contribution >= 0.6 is 0 Å². The molecule has 1 N–H and O–H groups in total. The Morgan fingerprint density at radius 1 is 0.935 bits per heavy atom. The Morgan fingerprint density at radius 3 is 2.35 bits per heavy atom. The topological polar surface area (TPSA) is 103 Å². The number of piperidine rings is 1. The molecule has 0 atom stereocenters. The maximum Gasteiger partial charge on any atom is 0.410 e. The van der Waals surface area contributed by atoms with E-state index in [1.165, 1.54) is 10.1 Å². The van der Waals surface area contributed by atoms with Crippen LogP contribution in [0.3, 0.4) is 0 Å². The van der Waals surface area contributed by atoms with Crippen LogP contribution in [0, 0.1) is 0 Å². The van der Waals surface area contributed by atoms with Gasteiger partial charge < -0.3 is 19.9 Å². The van der Waals surface area contributed by atoms with E-state index in [2.05, 4.69) is 44.4 Å². The first kappa shape index (κ1) is 33.2. The van der Waals surface area contributed by atoms with Crippen molar-refractivity contribution >= 4 is 18.0 Å². The number of rotatable bonds is 8. The molecular weight excluding hydrogens is 582 g/mol. The first-order valence-electron chi connectivity index (χ1n) is 16.2. The van der Waals surface area contributed by atoms with E-state index in [1.54, 1.807) is 29.6 Å². The fourth-order valence-corrected chi connectivity index (χ4v) is 5.95. The molecule has 0 radical (unpaired) electrons. The van der Waals surface area contributed by atoms with Gasteiger partial charge in [-0.15, -0.1) is 0 Å². The number of hydrogen-bond acceptors (Lipinski definition) is 7. The number of benzene rings is 2. The Morgan fingerprint density at radius 2 is 1.65 bits per heavy atom. The van der Waals surface area contributed by atoms with Gasteiger partial charge >= 0.3 is 12.1 Å². The van der Waals surface area contributed by atoms with E-state index in [0.717, 1.165) is 51.1 Å². The molecule has 3 amide bonds. The highest BCUT2D eigenvalue weighted by Gasteiger charge is 2.27. The number of carbonyl (C=O) groups excluding carboxylic acids is 3. The lowest BCUT2D eigenvalue weighted by molar-refractivity contribution is 0.0147. The summed E-state index contributed by atoms with van der Waals surface area (Å²) < 4.78 is 7.00. The molecule has 2 fully saturated rings. The van der Waals surface area contributed by atoms with Crippen LogP contribution < -0.4 is 5.32 Å². The van der Waals surface area contributed by atoms with Gasteiger partial charge in [-0.05, 0) is 51.3 Å². The van der Waals surface area contributed by atoms with Crippen molar-refractivity contribution < 1.29 is 19.1 Å². The second-order valence-electron chi connectivity index (χ2n) is 13.2. The van der Waals surface area contributed by atoms with Crippen LogP contribution in [-0.2, 0) is 11.3 Å². The summed E-state index contributed by atoms with van der Waals surface area (Å²) in [5.74, 6) is -0.164. The Labute approximate surface area is 272 Å². The standard InChI is InChI=1S/C35H47N7O4/c1-35(2,3)46-34(45)41-21-19-39(20-22-41)18-15-36-32(43)29-12-8-11-28(23-29)31-25-42(26-37-31)33(44)38(4)30-13-16-40(17-14-30)24-27-9-6-5-7-10-27/h5-12,23,25-26,30H,13-22,24H2,1-4H3,(H,36,43). The van der Waals surface area contributed by atoms with Gasteiger partial charge in [0.15, 0.2) is 0 Å². The van der Waals surface area contributed by atoms with Gasteiger partial charge in [0.2, 0.25) is 0 Å². The summed E-state index contributed by atoms with van der Waals surface area (Å²) in [6, 6.07) is 17.9. The Kier molecular flexibility index (Phi) is 10.7. The van der Waals surface area contributed by atoms with Crippen molar-refractivity contribution in [2.24, 2.45) is 0 Å². The minimum atomic E-state index is -0.509. The molecule has 11 heteroatoms. The van der Waals surface area contributed by atoms with Crippen LogP contribution in [0.1, 0.15) is 49.5 Å². The van der Waals surface area contributed by atoms with Gasteiger partial charge in [0.1, 0.15) is 11.9 Å². The molecule has 0 aliphatic carbocycles. The van der Waals surface area contributed by atoms with Crippen LogP contribution in [0.2, 0.25) is 0 Å². The molecular formula is C35H47N7O4. The van der Waals surface area contributed by atoms with Gasteiger partial charge in [-0.1, -0.05) is 42.5 Å². The monoisotopic (exact) mass is 629 g/mol. The average molecular weight is 630 g/mol. The number of ether oxygens (including phenoxy) is 1. The molecule has 0 unspecified atom stereocenters. The minimum Gasteiger partial charge on any atom is -0.444 e. The van der Waals surface area contributed by atoms with Crippen LogP contribution in [0.15, 0.2) is 67.1 Å². The molecule has 46 heavy (non-hydrogen) atoms. The van der Waals surface area contributed by atoms with Gasteiger partial charge in [0.05, 0.1) is 5.69 Å². The van der Waals surface area contributed by atoms with E-state index in [-0.39, 0.29) is 24.1 Å². The molecule has 0 saturated carbocycles. The van der Waals surface area contributed by atoms with E-state index < -0.39 is 5.60 Å². The summed E-state index contributed by atoms with van der Waals surface area (Å²) in [5, 5.41) is 3.01. The highest BCUT2D eigenvalue weighted by Crippen LogP contribution is 2.21. The van der Waals surface area contributed by atoms with Gasteiger partial charge in [-0.2, -0.15) is 0 Å². The first-order chi connectivity index (χ1) is 22.1. The fourth-order valence-electron chi connectivity index (χ4n) is 5.95. The van der Waals surface area contributed by atoms with E-state index in [4.69, 9.17) is 4.74 Å². The molecule has 11 nitrogen and oxygen atoms in total. The third-order valence-electron chi connectivity index (χ3n) is 8.62. The lowest BCUT2D eigenvalue weighted by Gasteiger charge is -2.36. The minimum absolute atomic E-state index is 0.110. The lowest BCUT2D eigenvalue weighted by atomic mass is 10.0. The Bertz CT molecular complexity index is 1470. The summed E-state index contributed by atoms with van der Waals surface area (Å²) in [4.78, 5) is 51.3.